The molecule has 16 heavy (non-hydrogen) atoms. The number of methoxy groups -OCH3 is 1. The summed E-state index contributed by atoms with van der Waals surface area (Å²) < 4.78 is 5.00. The van der Waals surface area contributed by atoms with Crippen LogP contribution in [0.4, 0.5) is 0 Å². The quantitative estimate of drug-likeness (QED) is 0.685. The Morgan fingerprint density at radius 3 is 2.88 bits per heavy atom. The van der Waals surface area contributed by atoms with Crippen molar-refractivity contribution in [1.82, 2.24) is 10.3 Å². The Labute approximate surface area is 98.2 Å². The summed E-state index contributed by atoms with van der Waals surface area (Å²) in [6.07, 6.45) is 7.40. The Morgan fingerprint density at radius 2 is 2.12 bits per heavy atom. The van der Waals surface area contributed by atoms with E-state index in [1.165, 1.54) is 24.0 Å². The van der Waals surface area contributed by atoms with Crippen molar-refractivity contribution in [3.8, 4) is 0 Å². The molecule has 0 unspecified atom stereocenters. The average Bonchev–Trinajstić information content (AvgIpc) is 2.28. The third kappa shape index (κ3) is 5.83. The van der Waals surface area contributed by atoms with Crippen LogP contribution in [-0.4, -0.2) is 25.2 Å². The fraction of sp³-hybridized carbons (Fsp3) is 0.615. The van der Waals surface area contributed by atoms with Gasteiger partial charge in [-0.25, -0.2) is 0 Å². The van der Waals surface area contributed by atoms with Crippen LogP contribution < -0.4 is 5.32 Å². The van der Waals surface area contributed by atoms with E-state index in [0.717, 1.165) is 26.1 Å². The summed E-state index contributed by atoms with van der Waals surface area (Å²) in [4.78, 5) is 4.17. The zero-order valence-electron chi connectivity index (χ0n) is 10.3. The standard InChI is InChI=1S/C13H22N2O/c1-12-8-13(11-15-9-12)10-14-6-4-3-5-7-16-2/h8-9,11,14H,3-7,10H2,1-2H3. The van der Waals surface area contributed by atoms with Crippen LogP contribution in [0.25, 0.3) is 0 Å². The van der Waals surface area contributed by atoms with Gasteiger partial charge in [0.15, 0.2) is 0 Å². The molecule has 3 nitrogen and oxygen atoms in total. The van der Waals surface area contributed by atoms with Gasteiger partial charge in [-0.05, 0) is 43.9 Å². The fourth-order valence-corrected chi connectivity index (χ4v) is 1.62. The minimum Gasteiger partial charge on any atom is -0.385 e. The molecule has 1 aromatic heterocycles. The van der Waals surface area contributed by atoms with Crippen molar-refractivity contribution >= 4 is 0 Å². The minimum atomic E-state index is 0.877. The van der Waals surface area contributed by atoms with E-state index in [-0.39, 0.29) is 0 Å². The summed E-state index contributed by atoms with van der Waals surface area (Å²) >= 11 is 0. The van der Waals surface area contributed by atoms with Crippen LogP contribution in [0.2, 0.25) is 0 Å². The largest absolute Gasteiger partial charge is 0.385 e. The number of pyridine rings is 1. The first-order valence-electron chi connectivity index (χ1n) is 5.93. The van der Waals surface area contributed by atoms with Gasteiger partial charge in [0.2, 0.25) is 0 Å². The lowest BCUT2D eigenvalue weighted by atomic mass is 10.2. The van der Waals surface area contributed by atoms with Crippen molar-refractivity contribution < 1.29 is 4.74 Å². The first kappa shape index (κ1) is 13.1. The van der Waals surface area contributed by atoms with Crippen LogP contribution in [0.3, 0.4) is 0 Å². The molecule has 90 valence electrons. The van der Waals surface area contributed by atoms with Crippen molar-refractivity contribution in [3.63, 3.8) is 0 Å². The van der Waals surface area contributed by atoms with Crippen LogP contribution in [0.1, 0.15) is 30.4 Å². The Balaban J connectivity index is 2.03. The molecule has 0 radical (unpaired) electrons. The van der Waals surface area contributed by atoms with E-state index in [4.69, 9.17) is 4.74 Å². The highest BCUT2D eigenvalue weighted by atomic mass is 16.5. The lowest BCUT2D eigenvalue weighted by Gasteiger charge is -2.05. The maximum atomic E-state index is 5.00. The second-order valence-electron chi connectivity index (χ2n) is 4.10. The van der Waals surface area contributed by atoms with E-state index >= 15 is 0 Å². The predicted octanol–water partition coefficient (Wildman–Crippen LogP) is 2.30. The Morgan fingerprint density at radius 1 is 1.25 bits per heavy atom. The van der Waals surface area contributed by atoms with E-state index in [1.807, 2.05) is 12.4 Å². The van der Waals surface area contributed by atoms with Gasteiger partial charge in [-0.15, -0.1) is 0 Å². The molecule has 1 heterocycles. The van der Waals surface area contributed by atoms with Crippen molar-refractivity contribution in [2.45, 2.75) is 32.7 Å². The molecule has 0 aliphatic heterocycles. The zero-order valence-corrected chi connectivity index (χ0v) is 10.3. The number of aryl methyl sites for hydroxylation is 1. The lowest BCUT2D eigenvalue weighted by molar-refractivity contribution is 0.192. The summed E-state index contributed by atoms with van der Waals surface area (Å²) in [5.74, 6) is 0. The molecule has 1 rings (SSSR count). The predicted molar refractivity (Wildman–Crippen MR) is 66.4 cm³/mol. The fourth-order valence-electron chi connectivity index (χ4n) is 1.62. The number of nitrogens with one attached hydrogen (secondary N) is 1. The van der Waals surface area contributed by atoms with E-state index in [2.05, 4.69) is 23.3 Å². The monoisotopic (exact) mass is 222 g/mol. The van der Waals surface area contributed by atoms with E-state index in [0.29, 0.717) is 0 Å². The molecule has 0 saturated heterocycles. The molecule has 0 aliphatic rings. The Kier molecular flexibility index (Phi) is 6.77. The smallest absolute Gasteiger partial charge is 0.0462 e. The van der Waals surface area contributed by atoms with Gasteiger partial charge in [-0.3, -0.25) is 4.98 Å². The summed E-state index contributed by atoms with van der Waals surface area (Å²) in [5, 5.41) is 3.42. The number of hydrogen-bond donors (Lipinski definition) is 1. The van der Waals surface area contributed by atoms with Crippen LogP contribution >= 0.6 is 0 Å². The van der Waals surface area contributed by atoms with Gasteiger partial charge in [0.25, 0.3) is 0 Å². The van der Waals surface area contributed by atoms with Gasteiger partial charge < -0.3 is 10.1 Å². The molecule has 0 aromatic carbocycles. The highest BCUT2D eigenvalue weighted by Crippen LogP contribution is 2.01. The molecule has 1 aromatic rings. The molecular weight excluding hydrogens is 200 g/mol. The number of ether oxygens (including phenoxy) is 1. The highest BCUT2D eigenvalue weighted by molar-refractivity contribution is 5.16. The Bertz CT molecular complexity index is 289. The van der Waals surface area contributed by atoms with E-state index in [1.54, 1.807) is 7.11 Å². The first-order valence-corrected chi connectivity index (χ1v) is 5.93. The number of rotatable bonds is 8. The molecule has 0 bridgehead atoms. The summed E-state index contributed by atoms with van der Waals surface area (Å²) in [5.41, 5.74) is 2.48. The molecule has 0 fully saturated rings. The van der Waals surface area contributed by atoms with Crippen molar-refractivity contribution in [2.24, 2.45) is 0 Å². The average molecular weight is 222 g/mol. The zero-order chi connectivity index (χ0) is 11.6. The summed E-state index contributed by atoms with van der Waals surface area (Å²) in [7, 11) is 1.75. The number of aromatic nitrogens is 1. The maximum Gasteiger partial charge on any atom is 0.0462 e. The van der Waals surface area contributed by atoms with Crippen LogP contribution in [0.5, 0.6) is 0 Å². The number of unbranched alkanes of at least 4 members (excludes halogenated alkanes) is 2. The molecule has 1 N–H and O–H groups in total. The van der Waals surface area contributed by atoms with Gasteiger partial charge >= 0.3 is 0 Å². The van der Waals surface area contributed by atoms with Gasteiger partial charge in [0, 0.05) is 32.7 Å². The third-order valence-electron chi connectivity index (χ3n) is 2.46. The van der Waals surface area contributed by atoms with Gasteiger partial charge in [-0.1, -0.05) is 6.07 Å². The maximum absolute atomic E-state index is 5.00. The molecule has 0 amide bonds. The SMILES string of the molecule is COCCCCCNCc1cncc(C)c1. The normalized spacial score (nSPS) is 10.6. The van der Waals surface area contributed by atoms with E-state index in [9.17, 15) is 0 Å². The van der Waals surface area contributed by atoms with Gasteiger partial charge in [0.05, 0.1) is 0 Å². The topological polar surface area (TPSA) is 34.1 Å². The van der Waals surface area contributed by atoms with Crippen molar-refractivity contribution in [2.75, 3.05) is 20.3 Å². The molecule has 0 aliphatic carbocycles. The molecule has 0 atom stereocenters. The van der Waals surface area contributed by atoms with Crippen LogP contribution in [0, 0.1) is 6.92 Å². The summed E-state index contributed by atoms with van der Waals surface area (Å²) in [6, 6.07) is 2.17. The van der Waals surface area contributed by atoms with Crippen molar-refractivity contribution in [3.05, 3.63) is 29.6 Å². The molecule has 3 heteroatoms. The second-order valence-corrected chi connectivity index (χ2v) is 4.10. The number of nitrogens with zero attached hydrogens (tertiary/aromatic N) is 1. The molecular formula is C13H22N2O. The van der Waals surface area contributed by atoms with Gasteiger partial charge in [-0.2, -0.15) is 0 Å². The number of hydrogen-bond acceptors (Lipinski definition) is 3. The second kappa shape index (κ2) is 8.25. The van der Waals surface area contributed by atoms with Crippen LogP contribution in [-0.2, 0) is 11.3 Å². The third-order valence-corrected chi connectivity index (χ3v) is 2.46. The summed E-state index contributed by atoms with van der Waals surface area (Å²) in [6.45, 7) is 4.93. The minimum absolute atomic E-state index is 0.877. The highest BCUT2D eigenvalue weighted by Gasteiger charge is 1.94. The van der Waals surface area contributed by atoms with Gasteiger partial charge in [0.1, 0.15) is 0 Å². The molecule has 0 spiro atoms. The van der Waals surface area contributed by atoms with Crippen LogP contribution in [0.15, 0.2) is 18.5 Å². The van der Waals surface area contributed by atoms with E-state index < -0.39 is 0 Å². The molecule has 0 saturated carbocycles. The first-order chi connectivity index (χ1) is 7.83. The van der Waals surface area contributed by atoms with Crippen molar-refractivity contribution in [1.29, 1.82) is 0 Å². The Hall–Kier alpha value is -0.930. The lowest BCUT2D eigenvalue weighted by Crippen LogP contribution is -2.15.